The van der Waals surface area contributed by atoms with E-state index in [1.54, 1.807) is 0 Å². The lowest BCUT2D eigenvalue weighted by Gasteiger charge is -2.12. The van der Waals surface area contributed by atoms with Crippen molar-refractivity contribution in [3.05, 3.63) is 88.0 Å². The predicted octanol–water partition coefficient (Wildman–Crippen LogP) is 6.53. The first-order valence-electron chi connectivity index (χ1n) is 10.7. The van der Waals surface area contributed by atoms with Gasteiger partial charge in [0.1, 0.15) is 11.8 Å². The van der Waals surface area contributed by atoms with Crippen molar-refractivity contribution in [3.63, 3.8) is 0 Å². The normalized spacial score (nSPS) is 12.1. The van der Waals surface area contributed by atoms with Crippen molar-refractivity contribution in [2.45, 2.75) is 33.7 Å². The highest BCUT2D eigenvalue weighted by molar-refractivity contribution is 8.02. The third-order valence-electron chi connectivity index (χ3n) is 5.52. The van der Waals surface area contributed by atoms with Crippen LogP contribution in [-0.4, -0.2) is 11.4 Å². The Kier molecular flexibility index (Phi) is 9.71. The molecule has 172 valence electrons. The van der Waals surface area contributed by atoms with Crippen molar-refractivity contribution >= 4 is 33.9 Å². The van der Waals surface area contributed by atoms with Crippen LogP contribution in [0.1, 0.15) is 32.8 Å². The third-order valence-corrected chi connectivity index (χ3v) is 6.16. The van der Waals surface area contributed by atoms with Gasteiger partial charge in [0.2, 0.25) is 0 Å². The first-order chi connectivity index (χ1) is 15.8. The second-order valence-corrected chi connectivity index (χ2v) is 8.40. The number of phenolic OH excluding ortho intramolecular Hbond substituents is 1. The Bertz CT molecular complexity index is 1190. The molecule has 0 aliphatic heterocycles. The number of nitriles is 1. The van der Waals surface area contributed by atoms with Crippen LogP contribution in [0, 0.1) is 11.3 Å². The molecule has 0 heterocycles. The van der Waals surface area contributed by atoms with Crippen LogP contribution >= 0.6 is 11.8 Å². The van der Waals surface area contributed by atoms with Gasteiger partial charge in [0, 0.05) is 23.2 Å². The van der Waals surface area contributed by atoms with E-state index in [-0.39, 0.29) is 5.75 Å². The van der Waals surface area contributed by atoms with Crippen molar-refractivity contribution in [1.29, 1.82) is 5.26 Å². The third kappa shape index (κ3) is 6.71. The number of nitrogens with zero attached hydrogens (tertiary/aromatic N) is 1. The zero-order chi connectivity index (χ0) is 24.4. The number of hydrogen-bond acceptors (Lipinski definition) is 6. The second-order valence-electron chi connectivity index (χ2n) is 7.55. The number of fused-ring (bicyclic) bond motifs is 1. The van der Waals surface area contributed by atoms with Crippen LogP contribution in [0.15, 0.2) is 82.4 Å². The zero-order valence-corrected chi connectivity index (χ0v) is 20.5. The Morgan fingerprint density at radius 2 is 1.73 bits per heavy atom. The molecule has 0 saturated heterocycles. The lowest BCUT2D eigenvalue weighted by atomic mass is 10.0. The van der Waals surface area contributed by atoms with Crippen molar-refractivity contribution in [2.24, 2.45) is 5.73 Å². The van der Waals surface area contributed by atoms with Crippen molar-refractivity contribution in [1.82, 2.24) is 0 Å². The molecular weight excluding hydrogens is 428 g/mol. The lowest BCUT2D eigenvalue weighted by molar-refractivity contribution is 0.472. The molecule has 0 radical (unpaired) electrons. The molecule has 6 N–H and O–H groups in total. The highest BCUT2D eigenvalue weighted by Gasteiger charge is 2.09. The van der Waals surface area contributed by atoms with Crippen molar-refractivity contribution in [3.8, 4) is 11.8 Å². The number of para-hydroxylation sites is 1. The first kappa shape index (κ1) is 25.7. The van der Waals surface area contributed by atoms with E-state index in [0.717, 1.165) is 34.0 Å². The van der Waals surface area contributed by atoms with Crippen LogP contribution < -0.4 is 16.8 Å². The molecule has 3 aromatic carbocycles. The van der Waals surface area contributed by atoms with Gasteiger partial charge in [0.15, 0.2) is 0 Å². The molecule has 3 rings (SSSR count). The molecule has 0 saturated carbocycles. The first-order valence-corrected chi connectivity index (χ1v) is 11.9. The van der Waals surface area contributed by atoms with E-state index in [0.29, 0.717) is 22.8 Å². The van der Waals surface area contributed by atoms with E-state index < -0.39 is 0 Å². The number of rotatable bonds is 6. The fourth-order valence-electron chi connectivity index (χ4n) is 3.22. The number of anilines is 2. The molecule has 0 aliphatic rings. The number of allylic oxidation sites excluding steroid dienone is 3. The fraction of sp³-hybridized carbons (Fsp3) is 0.222. The number of nitrogen functional groups attached to an aromatic ring is 1. The Morgan fingerprint density at radius 3 is 2.33 bits per heavy atom. The van der Waals surface area contributed by atoms with Gasteiger partial charge < -0.3 is 21.9 Å². The van der Waals surface area contributed by atoms with E-state index >= 15 is 0 Å². The SMILES string of the molecule is CC/C(C)=C(C)/C(C#N)=C(/N)SC.Nc1c(O)c(CNc2ccccc2)cc2ccccc12. The summed E-state index contributed by atoms with van der Waals surface area (Å²) in [7, 11) is 0. The minimum Gasteiger partial charge on any atom is -0.505 e. The Labute approximate surface area is 200 Å². The topological polar surface area (TPSA) is 108 Å². The van der Waals surface area contributed by atoms with Gasteiger partial charge in [0.25, 0.3) is 0 Å². The number of phenols is 1. The monoisotopic (exact) mass is 460 g/mol. The van der Waals surface area contributed by atoms with Gasteiger partial charge in [0.05, 0.1) is 16.3 Å². The summed E-state index contributed by atoms with van der Waals surface area (Å²) in [5.41, 5.74) is 16.8. The number of nitrogens with one attached hydrogen (secondary N) is 1. The highest BCUT2D eigenvalue weighted by atomic mass is 32.2. The fourth-order valence-corrected chi connectivity index (χ4v) is 3.62. The van der Waals surface area contributed by atoms with Gasteiger partial charge in [-0.05, 0) is 55.7 Å². The largest absolute Gasteiger partial charge is 0.505 e. The summed E-state index contributed by atoms with van der Waals surface area (Å²) in [4.78, 5) is 0. The Morgan fingerprint density at radius 1 is 1.09 bits per heavy atom. The maximum absolute atomic E-state index is 10.2. The van der Waals surface area contributed by atoms with Crippen molar-refractivity contribution < 1.29 is 5.11 Å². The van der Waals surface area contributed by atoms with Gasteiger partial charge in [-0.25, -0.2) is 0 Å². The van der Waals surface area contributed by atoms with E-state index in [1.807, 2.05) is 80.8 Å². The van der Waals surface area contributed by atoms with Gasteiger partial charge in [-0.1, -0.05) is 55.0 Å². The molecule has 33 heavy (non-hydrogen) atoms. The van der Waals surface area contributed by atoms with Crippen LogP contribution in [0.2, 0.25) is 0 Å². The molecule has 5 nitrogen and oxygen atoms in total. The summed E-state index contributed by atoms with van der Waals surface area (Å²) in [5.74, 6) is 0.159. The summed E-state index contributed by atoms with van der Waals surface area (Å²) in [6, 6.07) is 21.8. The molecule has 0 bridgehead atoms. The van der Waals surface area contributed by atoms with Gasteiger partial charge in [-0.2, -0.15) is 5.26 Å². The summed E-state index contributed by atoms with van der Waals surface area (Å²) in [6.07, 6.45) is 2.83. The Balaban J connectivity index is 0.000000260. The molecule has 0 atom stereocenters. The number of nitrogens with two attached hydrogens (primary N) is 2. The number of hydrogen-bond donors (Lipinski definition) is 4. The molecule has 0 aromatic heterocycles. The van der Waals surface area contributed by atoms with E-state index in [9.17, 15) is 5.11 Å². The van der Waals surface area contributed by atoms with Gasteiger partial charge >= 0.3 is 0 Å². The molecule has 0 fully saturated rings. The zero-order valence-electron chi connectivity index (χ0n) is 19.6. The number of thioether (sulfide) groups is 1. The molecule has 0 unspecified atom stereocenters. The van der Waals surface area contributed by atoms with E-state index in [2.05, 4.69) is 18.3 Å². The lowest BCUT2D eigenvalue weighted by Crippen LogP contribution is -2.01. The molecule has 0 aliphatic carbocycles. The van der Waals surface area contributed by atoms with Crippen LogP contribution in [-0.2, 0) is 6.54 Å². The average molecular weight is 461 g/mol. The molecule has 6 heteroatoms. The minimum atomic E-state index is 0.159. The van der Waals surface area contributed by atoms with Crippen LogP contribution in [0.4, 0.5) is 11.4 Å². The number of aromatic hydroxyl groups is 1. The molecule has 0 spiro atoms. The minimum absolute atomic E-state index is 0.159. The summed E-state index contributed by atoms with van der Waals surface area (Å²) < 4.78 is 0. The summed E-state index contributed by atoms with van der Waals surface area (Å²) >= 11 is 1.41. The van der Waals surface area contributed by atoms with Crippen LogP contribution in [0.25, 0.3) is 10.8 Å². The average Bonchev–Trinajstić information content (AvgIpc) is 2.86. The second kappa shape index (κ2) is 12.5. The quantitative estimate of drug-likeness (QED) is 0.144. The van der Waals surface area contributed by atoms with E-state index in [1.165, 1.54) is 17.3 Å². The standard InChI is InChI=1S/C17H16N2O.C10H16N2S/c18-16-15-9-5-4-6-12(15)10-13(17(16)20)11-19-14-7-2-1-3-8-14;1-5-7(2)8(3)9(6-11)10(12)13-4/h1-10,19-20H,11,18H2;5,12H2,1-4H3/b;8-7+,10-9-. The van der Waals surface area contributed by atoms with Gasteiger partial charge in [-0.3, -0.25) is 0 Å². The van der Waals surface area contributed by atoms with Gasteiger partial charge in [-0.15, -0.1) is 11.8 Å². The Hall–Kier alpha value is -3.56. The van der Waals surface area contributed by atoms with Crippen LogP contribution in [0.5, 0.6) is 5.75 Å². The molecule has 3 aromatic rings. The van der Waals surface area contributed by atoms with Crippen LogP contribution in [0.3, 0.4) is 0 Å². The van der Waals surface area contributed by atoms with E-state index in [4.69, 9.17) is 16.7 Å². The van der Waals surface area contributed by atoms with Crippen molar-refractivity contribution in [2.75, 3.05) is 17.3 Å². The maximum Gasteiger partial charge on any atom is 0.144 e. The predicted molar refractivity (Wildman–Crippen MR) is 143 cm³/mol. The smallest absolute Gasteiger partial charge is 0.144 e. The number of benzene rings is 3. The molecule has 0 amide bonds. The maximum atomic E-state index is 10.2. The summed E-state index contributed by atoms with van der Waals surface area (Å²) in [6.45, 7) is 6.58. The highest BCUT2D eigenvalue weighted by Crippen LogP contribution is 2.33. The molecular formula is C27H32N4OS. The summed E-state index contributed by atoms with van der Waals surface area (Å²) in [5, 5.41) is 24.9.